The Bertz CT molecular complexity index is 1130. The van der Waals surface area contributed by atoms with Crippen molar-refractivity contribution in [3.8, 4) is 11.1 Å². The van der Waals surface area contributed by atoms with Crippen molar-refractivity contribution >= 4 is 34.3 Å². The Balaban J connectivity index is 1.37. The fourth-order valence-corrected chi connectivity index (χ4v) is 3.90. The van der Waals surface area contributed by atoms with E-state index in [9.17, 15) is 4.79 Å². The summed E-state index contributed by atoms with van der Waals surface area (Å²) in [7, 11) is 0. The lowest BCUT2D eigenvalue weighted by atomic mass is 10.2. The number of thiophene rings is 1. The Morgan fingerprint density at radius 3 is 2.86 bits per heavy atom. The molecule has 0 radical (unpaired) electrons. The third kappa shape index (κ3) is 3.48. The van der Waals surface area contributed by atoms with Gasteiger partial charge in [0, 0.05) is 17.8 Å². The molecule has 1 aliphatic carbocycles. The number of amides is 1. The number of rotatable bonds is 6. The third-order valence-electron chi connectivity index (χ3n) is 4.80. The lowest BCUT2D eigenvalue weighted by Gasteiger charge is -2.06. The number of carbonyl (C=O) groups is 1. The molecular weight excluding hydrogens is 370 g/mol. The predicted octanol–water partition coefficient (Wildman–Crippen LogP) is 4.34. The van der Waals surface area contributed by atoms with Gasteiger partial charge in [-0.2, -0.15) is 5.10 Å². The van der Waals surface area contributed by atoms with Gasteiger partial charge in [0.15, 0.2) is 5.65 Å². The van der Waals surface area contributed by atoms with E-state index in [0.29, 0.717) is 5.92 Å². The number of nitrogens with one attached hydrogen (secondary N) is 2. The van der Waals surface area contributed by atoms with Crippen molar-refractivity contribution in [2.45, 2.75) is 12.8 Å². The fraction of sp³-hybridized carbons (Fsp3) is 0.190. The maximum atomic E-state index is 12.3. The summed E-state index contributed by atoms with van der Waals surface area (Å²) in [6, 6.07) is 11.9. The molecule has 0 bridgehead atoms. The summed E-state index contributed by atoms with van der Waals surface area (Å²) >= 11 is 1.45. The molecule has 4 aromatic rings. The SMILES string of the molecule is O=C(NCC1CC1)c1cc(-c2cnn3cc(Nc4ccccc4)cnc23)cs1. The van der Waals surface area contributed by atoms with Crippen LogP contribution in [-0.4, -0.2) is 27.0 Å². The maximum absolute atomic E-state index is 12.3. The summed E-state index contributed by atoms with van der Waals surface area (Å²) in [5.41, 5.74) is 4.51. The molecule has 140 valence electrons. The number of fused-ring (bicyclic) bond motifs is 1. The molecule has 0 atom stereocenters. The maximum Gasteiger partial charge on any atom is 0.261 e. The van der Waals surface area contributed by atoms with E-state index < -0.39 is 0 Å². The van der Waals surface area contributed by atoms with Crippen LogP contribution in [0.15, 0.2) is 60.4 Å². The van der Waals surface area contributed by atoms with Gasteiger partial charge < -0.3 is 10.6 Å². The number of hydrogen-bond donors (Lipinski definition) is 2. The van der Waals surface area contributed by atoms with E-state index in [1.807, 2.05) is 48.0 Å². The molecular formula is C21H19N5OS. The zero-order valence-corrected chi connectivity index (χ0v) is 15.9. The summed E-state index contributed by atoms with van der Waals surface area (Å²) in [5.74, 6) is 0.674. The van der Waals surface area contributed by atoms with E-state index in [1.165, 1.54) is 24.2 Å². The van der Waals surface area contributed by atoms with Crippen molar-refractivity contribution in [2.24, 2.45) is 5.92 Å². The number of aromatic nitrogens is 3. The van der Waals surface area contributed by atoms with Crippen LogP contribution in [0, 0.1) is 5.92 Å². The van der Waals surface area contributed by atoms with Crippen LogP contribution in [0.2, 0.25) is 0 Å². The molecule has 2 N–H and O–H groups in total. The zero-order valence-electron chi connectivity index (χ0n) is 15.1. The van der Waals surface area contributed by atoms with Crippen molar-refractivity contribution in [1.29, 1.82) is 0 Å². The third-order valence-corrected chi connectivity index (χ3v) is 5.73. The van der Waals surface area contributed by atoms with Gasteiger partial charge in [-0.05, 0) is 47.9 Å². The first kappa shape index (κ1) is 16.9. The molecule has 0 aliphatic heterocycles. The lowest BCUT2D eigenvalue weighted by Crippen LogP contribution is -2.24. The molecule has 5 rings (SSSR count). The van der Waals surface area contributed by atoms with Crippen LogP contribution in [-0.2, 0) is 0 Å². The Morgan fingerprint density at radius 2 is 2.04 bits per heavy atom. The van der Waals surface area contributed by atoms with Gasteiger partial charge in [-0.3, -0.25) is 4.79 Å². The van der Waals surface area contributed by atoms with Crippen LogP contribution in [0.4, 0.5) is 11.4 Å². The number of para-hydroxylation sites is 1. The van der Waals surface area contributed by atoms with Crippen LogP contribution in [0.1, 0.15) is 22.5 Å². The molecule has 3 aromatic heterocycles. The number of benzene rings is 1. The normalized spacial score (nSPS) is 13.6. The largest absolute Gasteiger partial charge is 0.353 e. The smallest absolute Gasteiger partial charge is 0.261 e. The Hall–Kier alpha value is -3.19. The molecule has 28 heavy (non-hydrogen) atoms. The first-order chi connectivity index (χ1) is 13.8. The average Bonchev–Trinajstić information content (AvgIpc) is 3.25. The van der Waals surface area contributed by atoms with Crippen LogP contribution >= 0.6 is 11.3 Å². The van der Waals surface area contributed by atoms with Crippen molar-refractivity contribution in [1.82, 2.24) is 19.9 Å². The minimum absolute atomic E-state index is 0.00179. The highest BCUT2D eigenvalue weighted by molar-refractivity contribution is 7.12. The minimum atomic E-state index is 0.00179. The highest BCUT2D eigenvalue weighted by atomic mass is 32.1. The minimum Gasteiger partial charge on any atom is -0.353 e. The van der Waals surface area contributed by atoms with Gasteiger partial charge >= 0.3 is 0 Å². The Morgan fingerprint density at radius 1 is 1.18 bits per heavy atom. The number of carbonyl (C=O) groups excluding carboxylic acids is 1. The van der Waals surface area contributed by atoms with Gasteiger partial charge in [0.25, 0.3) is 5.91 Å². The quantitative estimate of drug-likeness (QED) is 0.515. The van der Waals surface area contributed by atoms with Crippen LogP contribution < -0.4 is 10.6 Å². The molecule has 7 heteroatoms. The molecule has 0 spiro atoms. The standard InChI is InChI=1S/C21H19N5OS/c27-21(23-9-14-6-7-14)19-8-15(13-28-19)18-11-24-26-12-17(10-22-20(18)26)25-16-4-2-1-3-5-16/h1-5,8,10-14,25H,6-7,9H2,(H,23,27). The topological polar surface area (TPSA) is 71.3 Å². The summed E-state index contributed by atoms with van der Waals surface area (Å²) in [5, 5.41) is 12.8. The van der Waals surface area contributed by atoms with Crippen LogP contribution in [0.3, 0.4) is 0 Å². The molecule has 1 aliphatic rings. The van der Waals surface area contributed by atoms with Gasteiger partial charge in [0.2, 0.25) is 0 Å². The Kier molecular flexibility index (Phi) is 4.29. The monoisotopic (exact) mass is 389 g/mol. The van der Waals surface area contributed by atoms with E-state index in [-0.39, 0.29) is 5.91 Å². The van der Waals surface area contributed by atoms with E-state index in [1.54, 1.807) is 16.9 Å². The van der Waals surface area contributed by atoms with Crippen molar-refractivity contribution < 1.29 is 4.79 Å². The van der Waals surface area contributed by atoms with Crippen molar-refractivity contribution in [3.05, 3.63) is 65.2 Å². The van der Waals surface area contributed by atoms with E-state index in [4.69, 9.17) is 0 Å². The van der Waals surface area contributed by atoms with Gasteiger partial charge in [0.1, 0.15) is 0 Å². The first-order valence-corrected chi connectivity index (χ1v) is 10.2. The van der Waals surface area contributed by atoms with E-state index in [2.05, 4.69) is 20.7 Å². The lowest BCUT2D eigenvalue weighted by molar-refractivity contribution is 0.0956. The van der Waals surface area contributed by atoms with Crippen molar-refractivity contribution in [3.63, 3.8) is 0 Å². The molecule has 3 heterocycles. The second kappa shape index (κ2) is 7.09. The van der Waals surface area contributed by atoms with Gasteiger partial charge in [-0.15, -0.1) is 11.3 Å². The molecule has 0 unspecified atom stereocenters. The summed E-state index contributed by atoms with van der Waals surface area (Å²) in [6.45, 7) is 0.779. The molecule has 6 nitrogen and oxygen atoms in total. The van der Waals surface area contributed by atoms with Gasteiger partial charge in [-0.1, -0.05) is 18.2 Å². The van der Waals surface area contributed by atoms with Crippen molar-refractivity contribution in [2.75, 3.05) is 11.9 Å². The molecule has 1 aromatic carbocycles. The van der Waals surface area contributed by atoms with E-state index >= 15 is 0 Å². The molecule has 1 fully saturated rings. The Labute approximate surface area is 166 Å². The summed E-state index contributed by atoms with van der Waals surface area (Å²) in [6.07, 6.45) is 7.95. The summed E-state index contributed by atoms with van der Waals surface area (Å²) in [4.78, 5) is 17.6. The van der Waals surface area contributed by atoms with Gasteiger partial charge in [-0.25, -0.2) is 9.50 Å². The number of anilines is 2. The average molecular weight is 389 g/mol. The highest BCUT2D eigenvalue weighted by Gasteiger charge is 2.22. The molecule has 1 amide bonds. The second-order valence-electron chi connectivity index (χ2n) is 7.01. The molecule has 0 saturated heterocycles. The second-order valence-corrected chi connectivity index (χ2v) is 7.92. The van der Waals surface area contributed by atoms with Crippen LogP contribution in [0.5, 0.6) is 0 Å². The predicted molar refractivity (Wildman–Crippen MR) is 111 cm³/mol. The highest BCUT2D eigenvalue weighted by Crippen LogP contribution is 2.30. The fourth-order valence-electron chi connectivity index (χ4n) is 3.07. The summed E-state index contributed by atoms with van der Waals surface area (Å²) < 4.78 is 1.76. The zero-order chi connectivity index (χ0) is 18.9. The molecule has 1 saturated carbocycles. The van der Waals surface area contributed by atoms with Gasteiger partial charge in [0.05, 0.1) is 29.2 Å². The van der Waals surface area contributed by atoms with E-state index in [0.717, 1.165) is 39.6 Å². The first-order valence-electron chi connectivity index (χ1n) is 9.29. The van der Waals surface area contributed by atoms with Crippen LogP contribution in [0.25, 0.3) is 16.8 Å². The number of nitrogens with zero attached hydrogens (tertiary/aromatic N) is 3. The number of hydrogen-bond acceptors (Lipinski definition) is 5.